The van der Waals surface area contributed by atoms with Gasteiger partial charge in [0.1, 0.15) is 10.1 Å². The van der Waals surface area contributed by atoms with Gasteiger partial charge in [0.05, 0.1) is 25.9 Å². The molecule has 0 amide bonds. The summed E-state index contributed by atoms with van der Waals surface area (Å²) in [5.74, 6) is 7.05. The summed E-state index contributed by atoms with van der Waals surface area (Å²) in [7, 11) is 10.0. The van der Waals surface area contributed by atoms with E-state index in [4.69, 9.17) is 5.84 Å². The predicted molar refractivity (Wildman–Crippen MR) is 97.8 cm³/mol. The second kappa shape index (κ2) is 7.43. The molecule has 3 heterocycles. The number of tetrazole rings is 2. The third-order valence-electron chi connectivity index (χ3n) is 3.32. The van der Waals surface area contributed by atoms with E-state index >= 15 is 0 Å². The summed E-state index contributed by atoms with van der Waals surface area (Å²) in [6, 6.07) is 0. The van der Waals surface area contributed by atoms with Crippen molar-refractivity contribution in [3.8, 4) is 11.4 Å². The Morgan fingerprint density at radius 3 is 2.38 bits per heavy atom. The molecule has 0 saturated carbocycles. The van der Waals surface area contributed by atoms with Crippen LogP contribution < -0.4 is 5.84 Å². The molecule has 138 valence electrons. The number of hydrogen-bond donors (Lipinski definition) is 1. The maximum Gasteiger partial charge on any atom is 0.209 e. The molecule has 3 rings (SSSR count). The van der Waals surface area contributed by atoms with Crippen molar-refractivity contribution in [1.29, 1.82) is 0 Å². The van der Waals surface area contributed by atoms with Gasteiger partial charge in [0.15, 0.2) is 0 Å². The van der Waals surface area contributed by atoms with Gasteiger partial charge in [-0.05, 0) is 38.9 Å². The van der Waals surface area contributed by atoms with Gasteiger partial charge in [-0.15, -0.1) is 20.4 Å². The second-order valence-electron chi connectivity index (χ2n) is 5.40. The van der Waals surface area contributed by atoms with E-state index in [1.165, 1.54) is 36.2 Å². The van der Waals surface area contributed by atoms with Crippen molar-refractivity contribution in [1.82, 2.24) is 55.2 Å². The van der Waals surface area contributed by atoms with Crippen LogP contribution in [-0.2, 0) is 21.1 Å². The van der Waals surface area contributed by atoms with Crippen molar-refractivity contribution in [3.05, 3.63) is 17.1 Å². The molecule has 0 aromatic carbocycles. The summed E-state index contributed by atoms with van der Waals surface area (Å²) in [6.07, 6.45) is 1.71. The number of allylic oxidation sites excluding steroid dienone is 1. The Labute approximate surface area is 157 Å². The van der Waals surface area contributed by atoms with Crippen molar-refractivity contribution < 1.29 is 0 Å². The van der Waals surface area contributed by atoms with Gasteiger partial charge < -0.3 is 5.01 Å². The van der Waals surface area contributed by atoms with Gasteiger partial charge in [-0.1, -0.05) is 0 Å². The molecule has 0 aliphatic carbocycles. The van der Waals surface area contributed by atoms with Crippen molar-refractivity contribution in [2.75, 3.05) is 7.05 Å². The Hall–Kier alpha value is -2.45. The normalized spacial score (nSPS) is 12.4. The molecule has 12 nitrogen and oxygen atoms in total. The van der Waals surface area contributed by atoms with Crippen molar-refractivity contribution >= 4 is 27.2 Å². The number of aromatic nitrogens is 10. The minimum Gasteiger partial charge on any atom is -0.307 e. The standard InChI is InChI=1S/C12H18N12S2/c1-7(9-15-19-23(4)17-9)11(21(2)13)25-26-12-8(6-14-22(12)3)10-16-20-24(5)18-10/h6H,13H2,1-5H3. The van der Waals surface area contributed by atoms with Crippen LogP contribution in [0.2, 0.25) is 0 Å². The average Bonchev–Trinajstić information content (AvgIpc) is 3.28. The summed E-state index contributed by atoms with van der Waals surface area (Å²) in [5.41, 5.74) is 1.62. The second-order valence-corrected chi connectivity index (χ2v) is 7.51. The summed E-state index contributed by atoms with van der Waals surface area (Å²) in [4.78, 5) is 2.82. The lowest BCUT2D eigenvalue weighted by atomic mass is 10.3. The monoisotopic (exact) mass is 394 g/mol. The molecular formula is C12H18N12S2. The van der Waals surface area contributed by atoms with Crippen molar-refractivity contribution in [2.24, 2.45) is 27.0 Å². The van der Waals surface area contributed by atoms with E-state index < -0.39 is 0 Å². The number of hydrazine groups is 1. The SMILES string of the molecule is CC(=C(SSc1c(-c2nnn(C)n2)cnn1C)N(C)N)c1nnn(C)n1. The first-order chi connectivity index (χ1) is 12.4. The molecule has 2 N–H and O–H groups in total. The van der Waals surface area contributed by atoms with Crippen LogP contribution in [0.15, 0.2) is 16.3 Å². The molecule has 0 atom stereocenters. The minimum atomic E-state index is 0.516. The van der Waals surface area contributed by atoms with Gasteiger partial charge >= 0.3 is 0 Å². The molecule has 14 heteroatoms. The Bertz CT molecular complexity index is 936. The molecule has 0 saturated heterocycles. The maximum atomic E-state index is 6.01. The number of rotatable bonds is 6. The number of hydrogen-bond acceptors (Lipinski definition) is 11. The molecule has 0 aliphatic heterocycles. The molecule has 0 aliphatic rings. The van der Waals surface area contributed by atoms with E-state index in [0.717, 1.165) is 21.2 Å². The molecule has 0 fully saturated rings. The highest BCUT2D eigenvalue weighted by atomic mass is 33.1. The van der Waals surface area contributed by atoms with E-state index in [1.807, 2.05) is 14.0 Å². The van der Waals surface area contributed by atoms with Crippen LogP contribution in [0.1, 0.15) is 12.7 Å². The minimum absolute atomic E-state index is 0.516. The van der Waals surface area contributed by atoms with Crippen LogP contribution in [0.3, 0.4) is 0 Å². The smallest absolute Gasteiger partial charge is 0.209 e. The van der Waals surface area contributed by atoms with Crippen LogP contribution in [0.5, 0.6) is 0 Å². The van der Waals surface area contributed by atoms with Crippen molar-refractivity contribution in [2.45, 2.75) is 11.9 Å². The third-order valence-corrected chi connectivity index (χ3v) is 5.99. The van der Waals surface area contributed by atoms with Gasteiger partial charge in [-0.3, -0.25) is 4.68 Å². The fraction of sp³-hybridized carbons (Fsp3) is 0.417. The molecule has 0 radical (unpaired) electrons. The first-order valence-electron chi connectivity index (χ1n) is 7.41. The summed E-state index contributed by atoms with van der Waals surface area (Å²) in [5, 5.41) is 31.8. The van der Waals surface area contributed by atoms with Crippen LogP contribution >= 0.6 is 21.6 Å². The average molecular weight is 394 g/mol. The summed E-state index contributed by atoms with van der Waals surface area (Å²) >= 11 is 0. The summed E-state index contributed by atoms with van der Waals surface area (Å²) in [6.45, 7) is 1.90. The zero-order valence-corrected chi connectivity index (χ0v) is 16.5. The molecule has 0 unspecified atom stereocenters. The van der Waals surface area contributed by atoms with E-state index in [2.05, 4.69) is 35.9 Å². The maximum absolute atomic E-state index is 6.01. The predicted octanol–water partition coefficient (Wildman–Crippen LogP) is 0.0686. The Morgan fingerprint density at radius 1 is 1.12 bits per heavy atom. The first kappa shape index (κ1) is 18.3. The lowest BCUT2D eigenvalue weighted by Gasteiger charge is -2.17. The Morgan fingerprint density at radius 2 is 1.81 bits per heavy atom. The first-order valence-corrected chi connectivity index (χ1v) is 9.56. The summed E-state index contributed by atoms with van der Waals surface area (Å²) < 4.78 is 1.76. The van der Waals surface area contributed by atoms with Gasteiger partial charge in [-0.2, -0.15) is 14.7 Å². The Balaban J connectivity index is 1.88. The van der Waals surface area contributed by atoms with Crippen LogP contribution in [-0.4, -0.2) is 62.3 Å². The molecular weight excluding hydrogens is 376 g/mol. The highest BCUT2D eigenvalue weighted by Crippen LogP contribution is 2.42. The fourth-order valence-corrected chi connectivity index (χ4v) is 4.74. The number of nitrogens with zero attached hydrogens (tertiary/aromatic N) is 11. The van der Waals surface area contributed by atoms with Crippen LogP contribution in [0, 0.1) is 0 Å². The number of nitrogens with two attached hydrogens (primary N) is 1. The van der Waals surface area contributed by atoms with Crippen LogP contribution in [0.25, 0.3) is 17.0 Å². The van der Waals surface area contributed by atoms with E-state index in [1.54, 1.807) is 32.0 Å². The fourth-order valence-electron chi connectivity index (χ4n) is 2.06. The van der Waals surface area contributed by atoms with E-state index in [9.17, 15) is 0 Å². The zero-order chi connectivity index (χ0) is 18.8. The quantitative estimate of drug-likeness (QED) is 0.345. The van der Waals surface area contributed by atoms with Crippen molar-refractivity contribution in [3.63, 3.8) is 0 Å². The topological polar surface area (TPSA) is 134 Å². The molecule has 0 bridgehead atoms. The van der Waals surface area contributed by atoms with E-state index in [-0.39, 0.29) is 0 Å². The molecule has 3 aromatic heterocycles. The van der Waals surface area contributed by atoms with Gasteiger partial charge in [0.2, 0.25) is 11.6 Å². The Kier molecular flexibility index (Phi) is 5.24. The van der Waals surface area contributed by atoms with Gasteiger partial charge in [0.25, 0.3) is 0 Å². The largest absolute Gasteiger partial charge is 0.307 e. The van der Waals surface area contributed by atoms with Crippen LogP contribution in [0.4, 0.5) is 0 Å². The number of aryl methyl sites for hydroxylation is 3. The zero-order valence-electron chi connectivity index (χ0n) is 14.9. The molecule has 0 spiro atoms. The highest BCUT2D eigenvalue weighted by molar-refractivity contribution is 8.78. The third kappa shape index (κ3) is 3.71. The molecule has 3 aromatic rings. The molecule has 26 heavy (non-hydrogen) atoms. The van der Waals surface area contributed by atoms with Gasteiger partial charge in [0, 0.05) is 19.7 Å². The van der Waals surface area contributed by atoms with E-state index in [0.29, 0.717) is 11.6 Å². The lowest BCUT2D eigenvalue weighted by molar-refractivity contribution is 0.474. The van der Waals surface area contributed by atoms with Gasteiger partial charge in [-0.25, -0.2) is 5.84 Å². The lowest BCUT2D eigenvalue weighted by Crippen LogP contribution is -2.24. The highest BCUT2D eigenvalue weighted by Gasteiger charge is 2.19.